The Morgan fingerprint density at radius 2 is 1.86 bits per heavy atom. The molecule has 1 aliphatic rings. The Morgan fingerprint density at radius 1 is 1.05 bits per heavy atom. The summed E-state index contributed by atoms with van der Waals surface area (Å²) >= 11 is 0. The molecular weight excluding hydrogens is 272 g/mol. The largest absolute Gasteiger partial charge is 0.321 e. The lowest BCUT2D eigenvalue weighted by molar-refractivity contribution is 0.102. The molecule has 108 valence electrons. The lowest BCUT2D eigenvalue weighted by Crippen LogP contribution is -2.12. The number of rotatable bonds is 3. The van der Waals surface area contributed by atoms with Crippen LogP contribution in [0.5, 0.6) is 0 Å². The molecular formula is C19H16N2O. The number of carbonyl (C=O) groups is 1. The van der Waals surface area contributed by atoms with Crippen molar-refractivity contribution < 1.29 is 4.79 Å². The molecule has 1 N–H and O–H groups in total. The molecule has 0 aliphatic heterocycles. The van der Waals surface area contributed by atoms with Crippen molar-refractivity contribution in [3.63, 3.8) is 0 Å². The minimum atomic E-state index is -0.0772. The topological polar surface area (TPSA) is 42.0 Å². The van der Waals surface area contributed by atoms with Gasteiger partial charge in [-0.1, -0.05) is 24.3 Å². The molecule has 1 aromatic heterocycles. The van der Waals surface area contributed by atoms with Crippen molar-refractivity contribution in [2.45, 2.75) is 18.8 Å². The van der Waals surface area contributed by atoms with Crippen molar-refractivity contribution in [1.29, 1.82) is 0 Å². The number of benzene rings is 2. The average Bonchev–Trinajstić information content (AvgIpc) is 3.40. The summed E-state index contributed by atoms with van der Waals surface area (Å²) in [4.78, 5) is 16.5. The SMILES string of the molecule is O=C(Nc1cccc2cnccc12)c1ccc(C2CC2)cc1. The minimum Gasteiger partial charge on any atom is -0.321 e. The number of nitrogens with one attached hydrogen (secondary N) is 1. The molecule has 0 unspecified atom stereocenters. The van der Waals surface area contributed by atoms with Crippen molar-refractivity contribution in [2.24, 2.45) is 0 Å². The summed E-state index contributed by atoms with van der Waals surface area (Å²) in [5, 5.41) is 5.02. The van der Waals surface area contributed by atoms with Gasteiger partial charge in [-0.05, 0) is 48.6 Å². The highest BCUT2D eigenvalue weighted by molar-refractivity contribution is 6.09. The fourth-order valence-corrected chi connectivity index (χ4v) is 2.75. The third kappa shape index (κ3) is 2.46. The van der Waals surface area contributed by atoms with Gasteiger partial charge in [0.2, 0.25) is 0 Å². The lowest BCUT2D eigenvalue weighted by Gasteiger charge is -2.09. The van der Waals surface area contributed by atoms with Crippen LogP contribution in [0.3, 0.4) is 0 Å². The average molecular weight is 288 g/mol. The van der Waals surface area contributed by atoms with Crippen LogP contribution < -0.4 is 5.32 Å². The lowest BCUT2D eigenvalue weighted by atomic mass is 10.1. The quantitative estimate of drug-likeness (QED) is 0.777. The van der Waals surface area contributed by atoms with Crippen LogP contribution in [0.25, 0.3) is 10.8 Å². The van der Waals surface area contributed by atoms with Gasteiger partial charge in [0.05, 0.1) is 0 Å². The second kappa shape index (κ2) is 5.26. The molecule has 1 amide bonds. The monoisotopic (exact) mass is 288 g/mol. The van der Waals surface area contributed by atoms with Crippen LogP contribution in [0.2, 0.25) is 0 Å². The van der Waals surface area contributed by atoms with E-state index in [0.717, 1.165) is 16.5 Å². The number of anilines is 1. The van der Waals surface area contributed by atoms with E-state index in [-0.39, 0.29) is 5.91 Å². The highest BCUT2D eigenvalue weighted by Gasteiger charge is 2.23. The third-order valence-corrected chi connectivity index (χ3v) is 4.15. The van der Waals surface area contributed by atoms with E-state index < -0.39 is 0 Å². The molecule has 4 rings (SSSR count). The Kier molecular flexibility index (Phi) is 3.11. The molecule has 0 radical (unpaired) electrons. The second-order valence-corrected chi connectivity index (χ2v) is 5.75. The number of carbonyl (C=O) groups excluding carboxylic acids is 1. The van der Waals surface area contributed by atoms with Gasteiger partial charge in [-0.3, -0.25) is 9.78 Å². The molecule has 0 bridgehead atoms. The maximum absolute atomic E-state index is 12.4. The maximum atomic E-state index is 12.4. The molecule has 3 aromatic rings. The van der Waals surface area contributed by atoms with Crippen LogP contribution >= 0.6 is 0 Å². The zero-order chi connectivity index (χ0) is 14.9. The number of nitrogens with zero attached hydrogens (tertiary/aromatic N) is 1. The summed E-state index contributed by atoms with van der Waals surface area (Å²) in [6.45, 7) is 0. The summed E-state index contributed by atoms with van der Waals surface area (Å²) in [6.07, 6.45) is 6.09. The fraction of sp³-hybridized carbons (Fsp3) is 0.158. The van der Waals surface area contributed by atoms with E-state index in [9.17, 15) is 4.79 Å². The number of hydrogen-bond acceptors (Lipinski definition) is 2. The molecule has 3 heteroatoms. The molecule has 22 heavy (non-hydrogen) atoms. The van der Waals surface area contributed by atoms with Crippen LogP contribution in [0.15, 0.2) is 60.9 Å². The van der Waals surface area contributed by atoms with Crippen molar-refractivity contribution in [2.75, 3.05) is 5.32 Å². The Hall–Kier alpha value is -2.68. The number of amides is 1. The van der Waals surface area contributed by atoms with Gasteiger partial charge in [-0.25, -0.2) is 0 Å². The van der Waals surface area contributed by atoms with E-state index in [1.165, 1.54) is 18.4 Å². The first-order valence-electron chi connectivity index (χ1n) is 7.55. The molecule has 0 saturated heterocycles. The van der Waals surface area contributed by atoms with Crippen molar-refractivity contribution >= 4 is 22.4 Å². The van der Waals surface area contributed by atoms with E-state index in [1.807, 2.05) is 36.4 Å². The van der Waals surface area contributed by atoms with Crippen molar-refractivity contribution in [3.8, 4) is 0 Å². The molecule has 1 fully saturated rings. The second-order valence-electron chi connectivity index (χ2n) is 5.75. The van der Waals surface area contributed by atoms with Gasteiger partial charge in [0, 0.05) is 34.4 Å². The summed E-state index contributed by atoms with van der Waals surface area (Å²) in [6, 6.07) is 15.7. The van der Waals surface area contributed by atoms with E-state index in [2.05, 4.69) is 22.4 Å². The Labute approximate surface area is 129 Å². The molecule has 1 saturated carbocycles. The summed E-state index contributed by atoms with van der Waals surface area (Å²) in [5.41, 5.74) is 2.85. The highest BCUT2D eigenvalue weighted by atomic mass is 16.1. The van der Waals surface area contributed by atoms with Crippen molar-refractivity contribution in [3.05, 3.63) is 72.1 Å². The van der Waals surface area contributed by atoms with Crippen LogP contribution in [0.1, 0.15) is 34.7 Å². The number of hydrogen-bond donors (Lipinski definition) is 1. The van der Waals surface area contributed by atoms with Crippen LogP contribution in [-0.4, -0.2) is 10.9 Å². The zero-order valence-corrected chi connectivity index (χ0v) is 12.1. The Bertz CT molecular complexity index is 830. The Morgan fingerprint density at radius 3 is 2.64 bits per heavy atom. The van der Waals surface area contributed by atoms with E-state index >= 15 is 0 Å². The van der Waals surface area contributed by atoms with Gasteiger partial charge in [-0.15, -0.1) is 0 Å². The zero-order valence-electron chi connectivity index (χ0n) is 12.1. The summed E-state index contributed by atoms with van der Waals surface area (Å²) in [5.74, 6) is 0.634. The van der Waals surface area contributed by atoms with Gasteiger partial charge in [0.1, 0.15) is 0 Å². The first kappa shape index (κ1) is 13.0. The number of aromatic nitrogens is 1. The fourth-order valence-electron chi connectivity index (χ4n) is 2.75. The van der Waals surface area contributed by atoms with Crippen LogP contribution in [-0.2, 0) is 0 Å². The van der Waals surface area contributed by atoms with Gasteiger partial charge >= 0.3 is 0 Å². The maximum Gasteiger partial charge on any atom is 0.255 e. The molecule has 3 nitrogen and oxygen atoms in total. The van der Waals surface area contributed by atoms with Gasteiger partial charge in [0.15, 0.2) is 0 Å². The Balaban J connectivity index is 1.60. The summed E-state index contributed by atoms with van der Waals surface area (Å²) < 4.78 is 0. The molecule has 0 atom stereocenters. The standard InChI is InChI=1S/C19H16N2O/c22-19(15-8-6-14(7-9-15)13-4-5-13)21-18-3-1-2-16-12-20-11-10-17(16)18/h1-3,6-13H,4-5H2,(H,21,22). The predicted molar refractivity (Wildman–Crippen MR) is 88.1 cm³/mol. The van der Waals surface area contributed by atoms with Gasteiger partial charge < -0.3 is 5.32 Å². The van der Waals surface area contributed by atoms with E-state index in [1.54, 1.807) is 12.4 Å². The minimum absolute atomic E-state index is 0.0772. The third-order valence-electron chi connectivity index (χ3n) is 4.15. The normalized spacial score (nSPS) is 14.0. The first-order valence-corrected chi connectivity index (χ1v) is 7.55. The van der Waals surface area contributed by atoms with Crippen LogP contribution in [0, 0.1) is 0 Å². The molecule has 2 aromatic carbocycles. The smallest absolute Gasteiger partial charge is 0.255 e. The number of pyridine rings is 1. The van der Waals surface area contributed by atoms with E-state index in [0.29, 0.717) is 11.5 Å². The van der Waals surface area contributed by atoms with Crippen LogP contribution in [0.4, 0.5) is 5.69 Å². The van der Waals surface area contributed by atoms with Crippen molar-refractivity contribution in [1.82, 2.24) is 4.98 Å². The first-order chi connectivity index (χ1) is 10.8. The van der Waals surface area contributed by atoms with E-state index in [4.69, 9.17) is 0 Å². The molecule has 1 aliphatic carbocycles. The molecule has 1 heterocycles. The number of fused-ring (bicyclic) bond motifs is 1. The molecule has 0 spiro atoms. The highest BCUT2D eigenvalue weighted by Crippen LogP contribution is 2.39. The predicted octanol–water partition coefficient (Wildman–Crippen LogP) is 4.36. The van der Waals surface area contributed by atoms with Gasteiger partial charge in [0.25, 0.3) is 5.91 Å². The summed E-state index contributed by atoms with van der Waals surface area (Å²) in [7, 11) is 0. The van der Waals surface area contributed by atoms with Gasteiger partial charge in [-0.2, -0.15) is 0 Å².